The van der Waals surface area contributed by atoms with Crippen molar-refractivity contribution in [1.29, 1.82) is 0 Å². The van der Waals surface area contributed by atoms with Crippen LogP contribution in [0.1, 0.15) is 29.3 Å². The number of amides is 2. The molecule has 0 atom stereocenters. The Kier molecular flexibility index (Phi) is 7.26. The van der Waals surface area contributed by atoms with Gasteiger partial charge in [0, 0.05) is 42.8 Å². The Hall–Kier alpha value is -2.25. The van der Waals surface area contributed by atoms with E-state index >= 15 is 0 Å². The fraction of sp³-hybridized carbons (Fsp3) is 0.364. The zero-order valence-electron chi connectivity index (χ0n) is 17.3. The van der Waals surface area contributed by atoms with Gasteiger partial charge >= 0.3 is 0 Å². The summed E-state index contributed by atoms with van der Waals surface area (Å²) < 4.78 is 6.21. The van der Waals surface area contributed by atoms with Crippen molar-refractivity contribution >= 4 is 50.7 Å². The number of carbonyl (C=O) groups is 2. The maximum atomic E-state index is 12.8. The molecule has 1 saturated heterocycles. The number of nitrogens with zero attached hydrogens (tertiary/aromatic N) is 2. The van der Waals surface area contributed by atoms with E-state index in [2.05, 4.69) is 26.1 Å². The summed E-state index contributed by atoms with van der Waals surface area (Å²) in [5.74, 6) is 0.446. The number of aryl methyl sites for hydroxylation is 1. The molecule has 2 amide bonds. The van der Waals surface area contributed by atoms with Gasteiger partial charge in [-0.3, -0.25) is 9.59 Å². The van der Waals surface area contributed by atoms with Crippen LogP contribution < -0.4 is 15.0 Å². The lowest BCUT2D eigenvalue weighted by Gasteiger charge is -2.36. The van der Waals surface area contributed by atoms with Gasteiger partial charge < -0.3 is 19.9 Å². The smallest absolute Gasteiger partial charge is 0.259 e. The van der Waals surface area contributed by atoms with Gasteiger partial charge in [-0.2, -0.15) is 0 Å². The second-order valence-corrected chi connectivity index (χ2v) is 8.47. The van der Waals surface area contributed by atoms with E-state index in [0.29, 0.717) is 41.5 Å². The highest BCUT2D eigenvalue weighted by atomic mass is 79.9. The predicted molar refractivity (Wildman–Crippen MR) is 124 cm³/mol. The van der Waals surface area contributed by atoms with Crippen LogP contribution in [0, 0.1) is 6.92 Å². The second-order valence-electron chi connectivity index (χ2n) is 7.15. The lowest BCUT2D eigenvalue weighted by atomic mass is 10.1. The highest BCUT2D eigenvalue weighted by Gasteiger charge is 2.22. The number of piperazine rings is 1. The largest absolute Gasteiger partial charge is 0.496 e. The van der Waals surface area contributed by atoms with Crippen LogP contribution in [0.25, 0.3) is 0 Å². The van der Waals surface area contributed by atoms with E-state index in [1.54, 1.807) is 19.2 Å². The molecule has 3 rings (SSSR count). The van der Waals surface area contributed by atoms with E-state index in [1.165, 1.54) is 0 Å². The Balaban J connectivity index is 1.72. The van der Waals surface area contributed by atoms with Crippen molar-refractivity contribution in [3.05, 3.63) is 51.0 Å². The highest BCUT2D eigenvalue weighted by molar-refractivity contribution is 9.10. The fourth-order valence-electron chi connectivity index (χ4n) is 3.63. The van der Waals surface area contributed by atoms with Crippen LogP contribution in [0.2, 0.25) is 5.02 Å². The van der Waals surface area contributed by atoms with Crippen LogP contribution in [-0.4, -0.2) is 50.0 Å². The van der Waals surface area contributed by atoms with Crippen LogP contribution in [0.5, 0.6) is 5.75 Å². The van der Waals surface area contributed by atoms with Gasteiger partial charge in [-0.1, -0.05) is 34.5 Å². The summed E-state index contributed by atoms with van der Waals surface area (Å²) in [7, 11) is 1.55. The van der Waals surface area contributed by atoms with Gasteiger partial charge in [0.25, 0.3) is 5.91 Å². The number of hydrogen-bond donors (Lipinski definition) is 1. The van der Waals surface area contributed by atoms with Gasteiger partial charge in [-0.25, -0.2) is 0 Å². The van der Waals surface area contributed by atoms with Crippen LogP contribution >= 0.6 is 27.5 Å². The van der Waals surface area contributed by atoms with E-state index in [0.717, 1.165) is 28.8 Å². The predicted octanol–water partition coefficient (Wildman–Crippen LogP) is 4.73. The normalized spacial score (nSPS) is 13.9. The Morgan fingerprint density at radius 1 is 1.17 bits per heavy atom. The molecule has 0 spiro atoms. The summed E-state index contributed by atoms with van der Waals surface area (Å²) in [5, 5.41) is 3.45. The molecule has 1 aliphatic heterocycles. The van der Waals surface area contributed by atoms with Crippen molar-refractivity contribution < 1.29 is 14.3 Å². The third-order valence-electron chi connectivity index (χ3n) is 5.17. The molecule has 0 unspecified atom stereocenters. The van der Waals surface area contributed by atoms with Crippen molar-refractivity contribution in [1.82, 2.24) is 4.90 Å². The minimum Gasteiger partial charge on any atom is -0.496 e. The molecule has 160 valence electrons. The van der Waals surface area contributed by atoms with E-state index in [9.17, 15) is 9.59 Å². The molecular weight excluding hydrogens is 470 g/mol. The summed E-state index contributed by atoms with van der Waals surface area (Å²) in [6.07, 6.45) is 0.525. The molecule has 0 aromatic heterocycles. The van der Waals surface area contributed by atoms with Crippen LogP contribution in [-0.2, 0) is 4.79 Å². The van der Waals surface area contributed by atoms with Crippen LogP contribution in [0.15, 0.2) is 34.8 Å². The third-order valence-corrected chi connectivity index (χ3v) is 5.93. The Morgan fingerprint density at radius 2 is 1.87 bits per heavy atom. The number of hydrogen-bond acceptors (Lipinski definition) is 4. The standard InChI is InChI=1S/C22H25BrClN3O3/c1-4-20(28)27-9-7-26(8-10-27)19-6-5-16(13-18(19)24)25-22(29)17-12-15(23)11-14(2)21(17)30-3/h5-6,11-13H,4,7-10H2,1-3H3,(H,25,29). The summed E-state index contributed by atoms with van der Waals surface area (Å²) in [4.78, 5) is 28.7. The number of benzene rings is 2. The van der Waals surface area contributed by atoms with Crippen molar-refractivity contribution in [2.45, 2.75) is 20.3 Å². The van der Waals surface area contributed by atoms with Gasteiger partial charge in [0.2, 0.25) is 5.91 Å². The van der Waals surface area contributed by atoms with Crippen molar-refractivity contribution in [2.75, 3.05) is 43.5 Å². The number of methoxy groups -OCH3 is 1. The highest BCUT2D eigenvalue weighted by Crippen LogP contribution is 2.32. The quantitative estimate of drug-likeness (QED) is 0.653. The van der Waals surface area contributed by atoms with Crippen LogP contribution in [0.4, 0.5) is 11.4 Å². The molecule has 1 heterocycles. The van der Waals surface area contributed by atoms with E-state index in [1.807, 2.05) is 36.9 Å². The molecule has 0 bridgehead atoms. The van der Waals surface area contributed by atoms with Gasteiger partial charge in [0.15, 0.2) is 0 Å². The second kappa shape index (κ2) is 9.71. The molecule has 2 aromatic rings. The number of ether oxygens (including phenoxy) is 1. The first-order valence-electron chi connectivity index (χ1n) is 9.81. The summed E-state index contributed by atoms with van der Waals surface area (Å²) in [6, 6.07) is 9.11. The lowest BCUT2D eigenvalue weighted by Crippen LogP contribution is -2.48. The van der Waals surface area contributed by atoms with E-state index in [4.69, 9.17) is 16.3 Å². The van der Waals surface area contributed by atoms with Gasteiger partial charge in [-0.05, 0) is 42.8 Å². The Labute approximate surface area is 190 Å². The number of anilines is 2. The number of carbonyl (C=O) groups excluding carboxylic acids is 2. The maximum Gasteiger partial charge on any atom is 0.259 e. The Morgan fingerprint density at radius 3 is 2.47 bits per heavy atom. The molecule has 1 fully saturated rings. The molecule has 30 heavy (non-hydrogen) atoms. The van der Waals surface area contributed by atoms with Gasteiger partial charge in [0.1, 0.15) is 5.75 Å². The average molecular weight is 495 g/mol. The van der Waals surface area contributed by atoms with Crippen molar-refractivity contribution in [3.8, 4) is 5.75 Å². The fourth-order valence-corrected chi connectivity index (χ4v) is 4.50. The zero-order valence-corrected chi connectivity index (χ0v) is 19.6. The molecular formula is C22H25BrClN3O3. The lowest BCUT2D eigenvalue weighted by molar-refractivity contribution is -0.131. The van der Waals surface area contributed by atoms with E-state index in [-0.39, 0.29) is 11.8 Å². The third kappa shape index (κ3) is 4.90. The molecule has 6 nitrogen and oxygen atoms in total. The zero-order chi connectivity index (χ0) is 21.8. The molecule has 0 aliphatic carbocycles. The van der Waals surface area contributed by atoms with Crippen molar-refractivity contribution in [2.24, 2.45) is 0 Å². The van der Waals surface area contributed by atoms with Crippen molar-refractivity contribution in [3.63, 3.8) is 0 Å². The molecule has 1 aliphatic rings. The maximum absolute atomic E-state index is 12.8. The first kappa shape index (κ1) is 22.4. The SMILES string of the molecule is CCC(=O)N1CCN(c2ccc(NC(=O)c3cc(Br)cc(C)c3OC)cc2Cl)CC1. The summed E-state index contributed by atoms with van der Waals surface area (Å²) in [5.41, 5.74) is 2.81. The van der Waals surface area contributed by atoms with Gasteiger partial charge in [-0.15, -0.1) is 0 Å². The number of rotatable bonds is 5. The van der Waals surface area contributed by atoms with E-state index < -0.39 is 0 Å². The molecule has 0 saturated carbocycles. The van der Waals surface area contributed by atoms with Crippen LogP contribution in [0.3, 0.4) is 0 Å². The van der Waals surface area contributed by atoms with Gasteiger partial charge in [0.05, 0.1) is 23.4 Å². The minimum absolute atomic E-state index is 0.178. The summed E-state index contributed by atoms with van der Waals surface area (Å²) in [6.45, 7) is 6.59. The average Bonchev–Trinajstić information content (AvgIpc) is 2.73. The minimum atomic E-state index is -0.272. The summed E-state index contributed by atoms with van der Waals surface area (Å²) >= 11 is 9.95. The number of halogens is 2. The molecule has 2 aromatic carbocycles. The Bertz CT molecular complexity index is 959. The molecule has 0 radical (unpaired) electrons. The topological polar surface area (TPSA) is 61.9 Å². The molecule has 8 heteroatoms. The molecule has 1 N–H and O–H groups in total. The first-order chi connectivity index (χ1) is 14.3. The number of nitrogens with one attached hydrogen (secondary N) is 1. The first-order valence-corrected chi connectivity index (χ1v) is 11.0. The monoisotopic (exact) mass is 493 g/mol.